The highest BCUT2D eigenvalue weighted by Crippen LogP contribution is 2.31. The standard InChI is InChI=1S/C34H37NO5/c1-25(29-13-9-6-10-14-29)35(20-19-26-15-17-30(37-2)32(21-26)39-4)34(36)23-28-16-18-31(38-3)33(22-28)40-24-27-11-7-5-8-12-27/h5-18,21-22,25H,19-20,23-24H2,1-4H3/t25-/m0/s1. The molecule has 0 N–H and O–H groups in total. The number of hydrogen-bond acceptors (Lipinski definition) is 5. The molecule has 40 heavy (non-hydrogen) atoms. The van der Waals surface area contributed by atoms with Crippen LogP contribution in [0.25, 0.3) is 0 Å². The second-order valence-electron chi connectivity index (χ2n) is 9.55. The summed E-state index contributed by atoms with van der Waals surface area (Å²) in [4.78, 5) is 15.8. The maximum atomic E-state index is 13.8. The van der Waals surface area contributed by atoms with E-state index in [9.17, 15) is 4.79 Å². The fourth-order valence-electron chi connectivity index (χ4n) is 4.69. The van der Waals surface area contributed by atoms with Gasteiger partial charge < -0.3 is 23.8 Å². The molecular weight excluding hydrogens is 502 g/mol. The van der Waals surface area contributed by atoms with Gasteiger partial charge in [-0.15, -0.1) is 0 Å². The largest absolute Gasteiger partial charge is 0.493 e. The summed E-state index contributed by atoms with van der Waals surface area (Å²) in [6, 6.07) is 31.5. The van der Waals surface area contributed by atoms with Crippen molar-refractivity contribution in [1.82, 2.24) is 4.90 Å². The number of carbonyl (C=O) groups excluding carboxylic acids is 1. The van der Waals surface area contributed by atoms with Crippen molar-refractivity contribution in [3.63, 3.8) is 0 Å². The number of nitrogens with zero attached hydrogens (tertiary/aromatic N) is 1. The van der Waals surface area contributed by atoms with Gasteiger partial charge in [-0.05, 0) is 59.9 Å². The third-order valence-corrected chi connectivity index (χ3v) is 6.98. The molecule has 0 fully saturated rings. The van der Waals surface area contributed by atoms with Crippen LogP contribution in [-0.2, 0) is 24.2 Å². The fraction of sp³-hybridized carbons (Fsp3) is 0.265. The Hall–Kier alpha value is -4.45. The third-order valence-electron chi connectivity index (χ3n) is 6.98. The molecule has 1 atom stereocenters. The summed E-state index contributed by atoms with van der Waals surface area (Å²) >= 11 is 0. The molecule has 0 aliphatic carbocycles. The molecular formula is C34H37NO5. The van der Waals surface area contributed by atoms with Crippen LogP contribution in [0.1, 0.15) is 35.2 Å². The molecule has 208 valence electrons. The first kappa shape index (κ1) is 28.6. The van der Waals surface area contributed by atoms with Crippen molar-refractivity contribution < 1.29 is 23.7 Å². The zero-order chi connectivity index (χ0) is 28.3. The van der Waals surface area contributed by atoms with Gasteiger partial charge in [-0.2, -0.15) is 0 Å². The highest BCUT2D eigenvalue weighted by atomic mass is 16.5. The van der Waals surface area contributed by atoms with E-state index in [4.69, 9.17) is 18.9 Å². The molecule has 0 bridgehead atoms. The molecule has 0 spiro atoms. The van der Waals surface area contributed by atoms with Crippen LogP contribution in [-0.4, -0.2) is 38.7 Å². The second kappa shape index (κ2) is 14.1. The van der Waals surface area contributed by atoms with Crippen LogP contribution < -0.4 is 18.9 Å². The van der Waals surface area contributed by atoms with E-state index in [1.807, 2.05) is 89.8 Å². The molecule has 0 aliphatic rings. The molecule has 4 aromatic carbocycles. The van der Waals surface area contributed by atoms with Gasteiger partial charge in [0.1, 0.15) is 6.61 Å². The van der Waals surface area contributed by atoms with E-state index in [-0.39, 0.29) is 18.4 Å². The number of carbonyl (C=O) groups is 1. The number of rotatable bonds is 13. The van der Waals surface area contributed by atoms with Gasteiger partial charge in [0.25, 0.3) is 0 Å². The predicted octanol–water partition coefficient (Wildman–Crippen LogP) is 6.67. The topological polar surface area (TPSA) is 57.2 Å². The van der Waals surface area contributed by atoms with Crippen LogP contribution in [0.4, 0.5) is 0 Å². The van der Waals surface area contributed by atoms with Crippen molar-refractivity contribution in [1.29, 1.82) is 0 Å². The highest BCUT2D eigenvalue weighted by Gasteiger charge is 2.22. The Morgan fingerprint density at radius 1 is 0.675 bits per heavy atom. The number of ether oxygens (including phenoxy) is 4. The second-order valence-corrected chi connectivity index (χ2v) is 9.55. The number of benzene rings is 4. The van der Waals surface area contributed by atoms with E-state index in [2.05, 4.69) is 19.1 Å². The van der Waals surface area contributed by atoms with E-state index < -0.39 is 0 Å². The highest BCUT2D eigenvalue weighted by molar-refractivity contribution is 5.79. The van der Waals surface area contributed by atoms with Gasteiger partial charge in [-0.3, -0.25) is 4.79 Å². The Bertz CT molecular complexity index is 1370. The lowest BCUT2D eigenvalue weighted by atomic mass is 10.0. The third kappa shape index (κ3) is 7.35. The van der Waals surface area contributed by atoms with Gasteiger partial charge >= 0.3 is 0 Å². The van der Waals surface area contributed by atoms with Crippen molar-refractivity contribution >= 4 is 5.91 Å². The summed E-state index contributed by atoms with van der Waals surface area (Å²) in [6.07, 6.45) is 0.923. The molecule has 0 unspecified atom stereocenters. The lowest BCUT2D eigenvalue weighted by Crippen LogP contribution is -2.36. The van der Waals surface area contributed by atoms with Crippen LogP contribution in [0, 0.1) is 0 Å². The number of methoxy groups -OCH3 is 3. The Balaban J connectivity index is 1.53. The van der Waals surface area contributed by atoms with E-state index in [1.165, 1.54) is 0 Å². The van der Waals surface area contributed by atoms with Crippen molar-refractivity contribution in [3.8, 4) is 23.0 Å². The molecule has 0 radical (unpaired) electrons. The maximum absolute atomic E-state index is 13.8. The number of hydrogen-bond donors (Lipinski definition) is 0. The normalized spacial score (nSPS) is 11.4. The summed E-state index contributed by atoms with van der Waals surface area (Å²) < 4.78 is 22.5. The summed E-state index contributed by atoms with van der Waals surface area (Å²) in [7, 11) is 4.87. The van der Waals surface area contributed by atoms with Gasteiger partial charge in [0.2, 0.25) is 5.91 Å². The minimum atomic E-state index is -0.0964. The van der Waals surface area contributed by atoms with Crippen LogP contribution in [0.15, 0.2) is 97.1 Å². The Morgan fingerprint density at radius 3 is 1.90 bits per heavy atom. The van der Waals surface area contributed by atoms with Gasteiger partial charge in [0.05, 0.1) is 33.8 Å². The molecule has 1 amide bonds. The van der Waals surface area contributed by atoms with Crippen molar-refractivity contribution in [2.45, 2.75) is 32.4 Å². The first-order chi connectivity index (χ1) is 19.5. The smallest absolute Gasteiger partial charge is 0.227 e. The zero-order valence-corrected chi connectivity index (χ0v) is 23.6. The molecule has 6 heteroatoms. The van der Waals surface area contributed by atoms with E-state index in [0.29, 0.717) is 42.6 Å². The van der Waals surface area contributed by atoms with Gasteiger partial charge in [-0.1, -0.05) is 72.8 Å². The predicted molar refractivity (Wildman–Crippen MR) is 157 cm³/mol. The summed E-state index contributed by atoms with van der Waals surface area (Å²) in [5.74, 6) is 2.65. The first-order valence-electron chi connectivity index (χ1n) is 13.4. The SMILES string of the molecule is COc1ccc(CCN(C(=O)Cc2ccc(OC)c(OCc3ccccc3)c2)[C@@H](C)c2ccccc2)cc1OC. The Morgan fingerprint density at radius 2 is 1.25 bits per heavy atom. The average molecular weight is 540 g/mol. The molecule has 0 heterocycles. The molecule has 0 aromatic heterocycles. The van der Waals surface area contributed by atoms with E-state index >= 15 is 0 Å². The van der Waals surface area contributed by atoms with Crippen LogP contribution in [0.3, 0.4) is 0 Å². The summed E-state index contributed by atoms with van der Waals surface area (Å²) in [5, 5.41) is 0. The summed E-state index contributed by atoms with van der Waals surface area (Å²) in [6.45, 7) is 3.04. The average Bonchev–Trinajstić information content (AvgIpc) is 3.00. The van der Waals surface area contributed by atoms with Crippen molar-refractivity contribution in [3.05, 3.63) is 119 Å². The quantitative estimate of drug-likeness (QED) is 0.190. The van der Waals surface area contributed by atoms with Crippen LogP contribution >= 0.6 is 0 Å². The molecule has 0 saturated heterocycles. The Kier molecular flexibility index (Phi) is 10.1. The molecule has 6 nitrogen and oxygen atoms in total. The number of amides is 1. The van der Waals surface area contributed by atoms with Crippen LogP contribution in [0.2, 0.25) is 0 Å². The zero-order valence-electron chi connectivity index (χ0n) is 23.6. The first-order valence-corrected chi connectivity index (χ1v) is 13.4. The minimum Gasteiger partial charge on any atom is -0.493 e. The Labute approximate surface area is 237 Å². The molecule has 4 rings (SSSR count). The monoisotopic (exact) mass is 539 g/mol. The fourth-order valence-corrected chi connectivity index (χ4v) is 4.69. The van der Waals surface area contributed by atoms with E-state index in [0.717, 1.165) is 22.3 Å². The molecule has 4 aromatic rings. The van der Waals surface area contributed by atoms with Gasteiger partial charge in [0.15, 0.2) is 23.0 Å². The lowest BCUT2D eigenvalue weighted by molar-refractivity contribution is -0.132. The van der Waals surface area contributed by atoms with Crippen molar-refractivity contribution in [2.24, 2.45) is 0 Å². The minimum absolute atomic E-state index is 0.0380. The van der Waals surface area contributed by atoms with E-state index in [1.54, 1.807) is 21.3 Å². The maximum Gasteiger partial charge on any atom is 0.227 e. The lowest BCUT2D eigenvalue weighted by Gasteiger charge is -2.30. The molecule has 0 saturated carbocycles. The van der Waals surface area contributed by atoms with Crippen LogP contribution in [0.5, 0.6) is 23.0 Å². The summed E-state index contributed by atoms with van der Waals surface area (Å²) in [5.41, 5.74) is 4.08. The van der Waals surface area contributed by atoms with Gasteiger partial charge in [-0.25, -0.2) is 0 Å². The van der Waals surface area contributed by atoms with Crippen molar-refractivity contribution in [2.75, 3.05) is 27.9 Å². The molecule has 0 aliphatic heterocycles. The van der Waals surface area contributed by atoms with Gasteiger partial charge in [0, 0.05) is 6.54 Å².